The number of benzene rings is 2. The van der Waals surface area contributed by atoms with E-state index >= 15 is 0 Å². The molecule has 0 aliphatic rings. The Kier molecular flexibility index (Phi) is 8.18. The molecule has 0 amide bonds. The summed E-state index contributed by atoms with van der Waals surface area (Å²) in [4.78, 5) is 11.1. The van der Waals surface area contributed by atoms with Crippen LogP contribution in [0.3, 0.4) is 0 Å². The first-order valence-electron chi connectivity index (χ1n) is 9.14. The summed E-state index contributed by atoms with van der Waals surface area (Å²) in [5.74, 6) is -0.0649. The molecule has 0 N–H and O–H groups in total. The Bertz CT molecular complexity index is 786. The lowest BCUT2D eigenvalue weighted by Crippen LogP contribution is -2.22. The molecule has 28 heavy (non-hydrogen) atoms. The van der Waals surface area contributed by atoms with E-state index in [-0.39, 0.29) is 13.2 Å². The summed E-state index contributed by atoms with van der Waals surface area (Å²) < 4.78 is 30.1. The molecule has 0 aliphatic carbocycles. The second-order valence-corrected chi connectivity index (χ2v) is 8.28. The highest BCUT2D eigenvalue weighted by molar-refractivity contribution is 7.54. The Hall–Kier alpha value is -2.21. The number of hydrogen-bond acceptors (Lipinski definition) is 6. The van der Waals surface area contributed by atoms with Crippen molar-refractivity contribution in [1.29, 1.82) is 0 Å². The summed E-state index contributed by atoms with van der Waals surface area (Å²) in [5, 5.41) is 11.5. The summed E-state index contributed by atoms with van der Waals surface area (Å²) in [7, 11) is -2.13. The van der Waals surface area contributed by atoms with Gasteiger partial charge in [0, 0.05) is 4.92 Å². The summed E-state index contributed by atoms with van der Waals surface area (Å²) >= 11 is 0. The van der Waals surface area contributed by atoms with Crippen LogP contribution < -0.4 is 4.74 Å². The van der Waals surface area contributed by atoms with Crippen LogP contribution in [-0.2, 0) is 13.6 Å². The van der Waals surface area contributed by atoms with Gasteiger partial charge in [0.1, 0.15) is 5.75 Å². The molecule has 0 fully saturated rings. The molecular weight excluding hydrogens is 381 g/mol. The van der Waals surface area contributed by atoms with Gasteiger partial charge in [-0.15, -0.1) is 0 Å². The SMILES string of the molecule is CCOP(=O)(OCC)[C@H](c1ccccc1)[C@H](C[N+](=O)[O-])c1ccc(OC)cc1. The van der Waals surface area contributed by atoms with Crippen LogP contribution >= 0.6 is 7.60 Å². The van der Waals surface area contributed by atoms with Crippen LogP contribution in [0, 0.1) is 10.1 Å². The molecule has 0 unspecified atom stereocenters. The van der Waals surface area contributed by atoms with Crippen molar-refractivity contribution in [2.75, 3.05) is 26.9 Å². The van der Waals surface area contributed by atoms with Crippen LogP contribution in [0.4, 0.5) is 0 Å². The molecule has 0 saturated carbocycles. The van der Waals surface area contributed by atoms with Crippen LogP contribution in [0.2, 0.25) is 0 Å². The van der Waals surface area contributed by atoms with E-state index in [4.69, 9.17) is 13.8 Å². The van der Waals surface area contributed by atoms with Crippen molar-refractivity contribution in [3.63, 3.8) is 0 Å². The summed E-state index contributed by atoms with van der Waals surface area (Å²) in [6.07, 6.45) is 0. The highest BCUT2D eigenvalue weighted by Gasteiger charge is 2.45. The molecule has 8 heteroatoms. The number of hydrogen-bond donors (Lipinski definition) is 0. The topological polar surface area (TPSA) is 87.9 Å². The van der Waals surface area contributed by atoms with E-state index in [1.807, 2.05) is 18.2 Å². The largest absolute Gasteiger partial charge is 0.497 e. The van der Waals surface area contributed by atoms with E-state index in [1.54, 1.807) is 57.4 Å². The maximum Gasteiger partial charge on any atom is 0.338 e. The van der Waals surface area contributed by atoms with Crippen LogP contribution in [0.5, 0.6) is 5.75 Å². The van der Waals surface area contributed by atoms with Crippen molar-refractivity contribution in [2.24, 2.45) is 0 Å². The first-order valence-corrected chi connectivity index (χ1v) is 10.8. The molecule has 2 aromatic rings. The molecule has 0 aliphatic heterocycles. The predicted octanol–water partition coefficient (Wildman–Crippen LogP) is 5.06. The van der Waals surface area contributed by atoms with Crippen LogP contribution in [-0.4, -0.2) is 31.8 Å². The average Bonchev–Trinajstić information content (AvgIpc) is 2.68. The van der Waals surface area contributed by atoms with E-state index in [0.29, 0.717) is 16.9 Å². The number of nitrogens with zero attached hydrogens (tertiary/aromatic N) is 1. The lowest BCUT2D eigenvalue weighted by atomic mass is 9.91. The summed E-state index contributed by atoms with van der Waals surface area (Å²) in [6.45, 7) is 3.39. The summed E-state index contributed by atoms with van der Waals surface area (Å²) in [6, 6.07) is 16.0. The Labute approximate surface area is 165 Å². The lowest BCUT2D eigenvalue weighted by Gasteiger charge is -2.31. The zero-order valence-electron chi connectivity index (χ0n) is 16.3. The summed E-state index contributed by atoms with van der Waals surface area (Å²) in [5.41, 5.74) is 0.536. The second kappa shape index (κ2) is 10.4. The van der Waals surface area contributed by atoms with Crippen molar-refractivity contribution in [1.82, 2.24) is 0 Å². The zero-order valence-corrected chi connectivity index (χ0v) is 17.2. The van der Waals surface area contributed by atoms with Crippen LogP contribution in [0.1, 0.15) is 36.6 Å². The van der Waals surface area contributed by atoms with E-state index in [0.717, 1.165) is 0 Å². The van der Waals surface area contributed by atoms with Crippen molar-refractivity contribution in [3.8, 4) is 5.75 Å². The lowest BCUT2D eigenvalue weighted by molar-refractivity contribution is -0.483. The van der Waals surface area contributed by atoms with Crippen LogP contribution in [0.15, 0.2) is 54.6 Å². The van der Waals surface area contributed by atoms with Crippen LogP contribution in [0.25, 0.3) is 0 Å². The normalized spacial score (nSPS) is 13.7. The monoisotopic (exact) mass is 407 g/mol. The maximum absolute atomic E-state index is 13.7. The van der Waals surface area contributed by atoms with E-state index < -0.39 is 30.6 Å². The Balaban J connectivity index is 2.63. The maximum atomic E-state index is 13.7. The molecule has 0 bridgehead atoms. The van der Waals surface area contributed by atoms with E-state index in [2.05, 4.69) is 0 Å². The molecule has 2 atom stereocenters. The van der Waals surface area contributed by atoms with Gasteiger partial charge >= 0.3 is 7.60 Å². The first kappa shape index (κ1) is 22.1. The molecule has 2 rings (SSSR count). The van der Waals surface area contributed by atoms with Gasteiger partial charge in [-0.25, -0.2) is 0 Å². The van der Waals surface area contributed by atoms with E-state index in [9.17, 15) is 14.7 Å². The van der Waals surface area contributed by atoms with Crippen molar-refractivity contribution < 1.29 is 23.3 Å². The van der Waals surface area contributed by atoms with Gasteiger partial charge in [-0.05, 0) is 37.1 Å². The third-order valence-corrected chi connectivity index (χ3v) is 6.95. The number of nitro groups is 1. The van der Waals surface area contributed by atoms with Gasteiger partial charge in [-0.1, -0.05) is 42.5 Å². The predicted molar refractivity (Wildman–Crippen MR) is 108 cm³/mol. The second-order valence-electron chi connectivity index (χ2n) is 6.13. The fourth-order valence-corrected chi connectivity index (χ4v) is 5.60. The Morgan fingerprint density at radius 2 is 1.54 bits per heavy atom. The third-order valence-electron chi connectivity index (χ3n) is 4.37. The highest BCUT2D eigenvalue weighted by atomic mass is 31.2. The Morgan fingerprint density at radius 3 is 2.00 bits per heavy atom. The van der Waals surface area contributed by atoms with Gasteiger partial charge in [0.05, 0.1) is 31.9 Å². The minimum Gasteiger partial charge on any atom is -0.497 e. The first-order chi connectivity index (χ1) is 13.4. The highest BCUT2D eigenvalue weighted by Crippen LogP contribution is 2.65. The smallest absolute Gasteiger partial charge is 0.338 e. The minimum atomic E-state index is -3.68. The van der Waals surface area contributed by atoms with Crippen molar-refractivity contribution in [3.05, 3.63) is 75.8 Å². The fraction of sp³-hybridized carbons (Fsp3) is 0.400. The molecule has 0 saturated heterocycles. The number of methoxy groups -OCH3 is 1. The van der Waals surface area contributed by atoms with Crippen molar-refractivity contribution >= 4 is 7.60 Å². The van der Waals surface area contributed by atoms with Gasteiger partial charge < -0.3 is 13.8 Å². The molecule has 0 spiro atoms. The van der Waals surface area contributed by atoms with Gasteiger partial charge in [0.25, 0.3) is 0 Å². The quantitative estimate of drug-likeness (QED) is 0.294. The van der Waals surface area contributed by atoms with Gasteiger partial charge in [0.2, 0.25) is 6.54 Å². The zero-order chi connectivity index (χ0) is 20.6. The third kappa shape index (κ3) is 5.41. The molecule has 0 heterocycles. The average molecular weight is 407 g/mol. The molecule has 0 aromatic heterocycles. The fourth-order valence-electron chi connectivity index (χ4n) is 3.24. The molecule has 0 radical (unpaired) electrons. The van der Waals surface area contributed by atoms with Crippen molar-refractivity contribution in [2.45, 2.75) is 25.4 Å². The molecule has 7 nitrogen and oxygen atoms in total. The molecule has 152 valence electrons. The van der Waals surface area contributed by atoms with E-state index in [1.165, 1.54) is 0 Å². The number of ether oxygens (including phenoxy) is 1. The molecule has 2 aromatic carbocycles. The van der Waals surface area contributed by atoms with Gasteiger partial charge in [-0.3, -0.25) is 14.7 Å². The standard InChI is InChI=1S/C20H26NO6P/c1-4-26-28(24,27-5-2)20(17-9-7-6-8-10-17)19(15-21(22)23)16-11-13-18(25-3)14-12-16/h6-14,19-20H,4-5,15H2,1-3H3/t19-,20-/m1/s1. The molecular formula is C20H26NO6P. The van der Waals surface area contributed by atoms with Gasteiger partial charge in [-0.2, -0.15) is 0 Å². The van der Waals surface area contributed by atoms with Gasteiger partial charge in [0.15, 0.2) is 0 Å². The Morgan fingerprint density at radius 1 is 0.964 bits per heavy atom. The number of rotatable bonds is 11. The minimum absolute atomic E-state index is 0.175.